The van der Waals surface area contributed by atoms with E-state index in [2.05, 4.69) is 0 Å². The third-order valence-electron chi connectivity index (χ3n) is 1.74. The lowest BCUT2D eigenvalue weighted by molar-refractivity contribution is -0.140. The second-order valence-electron chi connectivity index (χ2n) is 3.16. The molecule has 0 saturated carbocycles. The summed E-state index contributed by atoms with van der Waals surface area (Å²) in [5.74, 6) is -0.918. The lowest BCUT2D eigenvalue weighted by atomic mass is 10.2. The van der Waals surface area contributed by atoms with Gasteiger partial charge in [0.05, 0.1) is 25.7 Å². The number of rotatable bonds is 9. The van der Waals surface area contributed by atoms with Crippen LogP contribution in [0.15, 0.2) is 0 Å². The van der Waals surface area contributed by atoms with Gasteiger partial charge >= 0.3 is 5.97 Å². The van der Waals surface area contributed by atoms with Gasteiger partial charge in [0, 0.05) is 29.4 Å². The fraction of sp³-hybridized carbons (Fsp3) is 0.889. The molecule has 0 spiro atoms. The lowest BCUT2D eigenvalue weighted by Gasteiger charge is -2.06. The van der Waals surface area contributed by atoms with E-state index in [1.54, 1.807) is 14.0 Å². The standard InChI is InChI=1S/C9H18O5S/c1-8(9(10)11)7-15(12)6-5-14-4-3-13-2/h8H,3-7H2,1-2H3,(H,10,11). The predicted molar refractivity (Wildman–Crippen MR) is 57.4 cm³/mol. The zero-order valence-corrected chi connectivity index (χ0v) is 9.92. The summed E-state index contributed by atoms with van der Waals surface area (Å²) in [6.07, 6.45) is 0. The molecule has 15 heavy (non-hydrogen) atoms. The van der Waals surface area contributed by atoms with Gasteiger partial charge in [0.25, 0.3) is 0 Å². The SMILES string of the molecule is COCCOCCS(=O)CC(C)C(=O)O. The van der Waals surface area contributed by atoms with Gasteiger partial charge in [-0.05, 0) is 0 Å². The Kier molecular flexibility index (Phi) is 8.55. The van der Waals surface area contributed by atoms with E-state index >= 15 is 0 Å². The van der Waals surface area contributed by atoms with Gasteiger partial charge in [-0.25, -0.2) is 0 Å². The lowest BCUT2D eigenvalue weighted by Crippen LogP contribution is -2.20. The number of aliphatic carboxylic acids is 1. The Morgan fingerprint density at radius 1 is 1.40 bits per heavy atom. The molecule has 5 nitrogen and oxygen atoms in total. The van der Waals surface area contributed by atoms with Crippen LogP contribution >= 0.6 is 0 Å². The van der Waals surface area contributed by atoms with Crippen LogP contribution in [0.25, 0.3) is 0 Å². The predicted octanol–water partition coefficient (Wildman–Crippen LogP) is 0.119. The maximum Gasteiger partial charge on any atom is 0.307 e. The van der Waals surface area contributed by atoms with Crippen molar-refractivity contribution in [2.75, 3.05) is 38.4 Å². The molecular weight excluding hydrogens is 220 g/mol. The van der Waals surface area contributed by atoms with Gasteiger partial charge < -0.3 is 14.6 Å². The van der Waals surface area contributed by atoms with Gasteiger partial charge in [0.1, 0.15) is 0 Å². The maximum absolute atomic E-state index is 11.3. The minimum atomic E-state index is -1.12. The molecule has 2 unspecified atom stereocenters. The number of methoxy groups -OCH3 is 1. The summed E-state index contributed by atoms with van der Waals surface area (Å²) in [4.78, 5) is 10.5. The summed E-state index contributed by atoms with van der Waals surface area (Å²) >= 11 is 0. The highest BCUT2D eigenvalue weighted by molar-refractivity contribution is 7.85. The number of carboxylic acids is 1. The molecule has 6 heteroatoms. The molecule has 0 saturated heterocycles. The number of carboxylic acid groups (broad SMARTS) is 1. The van der Waals surface area contributed by atoms with Crippen LogP contribution in [0.3, 0.4) is 0 Å². The molecule has 0 rings (SSSR count). The Hall–Kier alpha value is -0.460. The number of hydrogen-bond acceptors (Lipinski definition) is 4. The minimum Gasteiger partial charge on any atom is -0.481 e. The summed E-state index contributed by atoms with van der Waals surface area (Å²) in [6, 6.07) is 0. The molecule has 0 fully saturated rings. The van der Waals surface area contributed by atoms with Crippen molar-refractivity contribution in [1.29, 1.82) is 0 Å². The third-order valence-corrected chi connectivity index (χ3v) is 3.24. The molecular formula is C9H18O5S. The van der Waals surface area contributed by atoms with Gasteiger partial charge in [0.15, 0.2) is 0 Å². The van der Waals surface area contributed by atoms with Gasteiger partial charge in [-0.15, -0.1) is 0 Å². The van der Waals surface area contributed by atoms with Crippen LogP contribution in [0.1, 0.15) is 6.92 Å². The largest absolute Gasteiger partial charge is 0.481 e. The van der Waals surface area contributed by atoms with Crippen molar-refractivity contribution in [3.8, 4) is 0 Å². The molecule has 2 atom stereocenters. The average Bonchev–Trinajstić information content (AvgIpc) is 2.17. The van der Waals surface area contributed by atoms with Crippen molar-refractivity contribution in [3.63, 3.8) is 0 Å². The van der Waals surface area contributed by atoms with Crippen molar-refractivity contribution in [2.24, 2.45) is 5.92 Å². The van der Waals surface area contributed by atoms with Crippen molar-refractivity contribution >= 4 is 16.8 Å². The van der Waals surface area contributed by atoms with Gasteiger partial charge in [-0.1, -0.05) is 6.92 Å². The smallest absolute Gasteiger partial charge is 0.307 e. The first-order valence-electron chi connectivity index (χ1n) is 4.72. The minimum absolute atomic E-state index is 0.184. The van der Waals surface area contributed by atoms with E-state index in [1.807, 2.05) is 0 Å². The van der Waals surface area contributed by atoms with E-state index < -0.39 is 22.7 Å². The summed E-state index contributed by atoms with van der Waals surface area (Å²) in [5.41, 5.74) is 0. The highest BCUT2D eigenvalue weighted by atomic mass is 32.2. The Balaban J connectivity index is 3.45. The van der Waals surface area contributed by atoms with Crippen molar-refractivity contribution in [3.05, 3.63) is 0 Å². The van der Waals surface area contributed by atoms with Crippen LogP contribution in [-0.2, 0) is 25.1 Å². The molecule has 0 heterocycles. The van der Waals surface area contributed by atoms with Gasteiger partial charge in [-0.3, -0.25) is 9.00 Å². The first kappa shape index (κ1) is 14.5. The molecule has 0 aromatic heterocycles. The molecule has 0 radical (unpaired) electrons. The monoisotopic (exact) mass is 238 g/mol. The Morgan fingerprint density at radius 3 is 2.60 bits per heavy atom. The van der Waals surface area contributed by atoms with Crippen LogP contribution in [0.5, 0.6) is 0 Å². The topological polar surface area (TPSA) is 72.8 Å². The van der Waals surface area contributed by atoms with E-state index in [0.29, 0.717) is 25.6 Å². The van der Waals surface area contributed by atoms with E-state index in [4.69, 9.17) is 14.6 Å². The quantitative estimate of drug-likeness (QED) is 0.578. The van der Waals surface area contributed by atoms with Crippen LogP contribution in [0.4, 0.5) is 0 Å². The molecule has 90 valence electrons. The second kappa shape index (κ2) is 8.82. The Labute approximate surface area is 92.2 Å². The maximum atomic E-state index is 11.3. The van der Waals surface area contributed by atoms with Gasteiger partial charge in [0.2, 0.25) is 0 Å². The summed E-state index contributed by atoms with van der Waals surface area (Å²) in [5, 5.41) is 8.59. The molecule has 0 aliphatic rings. The first-order chi connectivity index (χ1) is 7.07. The third kappa shape index (κ3) is 8.53. The fourth-order valence-corrected chi connectivity index (χ4v) is 2.00. The van der Waals surface area contributed by atoms with Crippen molar-refractivity contribution < 1.29 is 23.6 Å². The van der Waals surface area contributed by atoms with Crippen LogP contribution in [0, 0.1) is 5.92 Å². The summed E-state index contributed by atoms with van der Waals surface area (Å²) in [7, 11) is 0.457. The number of hydrogen-bond donors (Lipinski definition) is 1. The fourth-order valence-electron chi connectivity index (χ4n) is 0.830. The van der Waals surface area contributed by atoms with E-state index in [0.717, 1.165) is 0 Å². The number of ether oxygens (including phenoxy) is 2. The van der Waals surface area contributed by atoms with Crippen molar-refractivity contribution in [2.45, 2.75) is 6.92 Å². The second-order valence-corrected chi connectivity index (χ2v) is 4.78. The molecule has 0 aliphatic heterocycles. The molecule has 0 bridgehead atoms. The van der Waals surface area contributed by atoms with Crippen LogP contribution in [0.2, 0.25) is 0 Å². The summed E-state index contributed by atoms with van der Waals surface area (Å²) in [6.45, 7) is 2.91. The van der Waals surface area contributed by atoms with E-state index in [1.165, 1.54) is 0 Å². The molecule has 0 aliphatic carbocycles. The molecule has 1 N–H and O–H groups in total. The Morgan fingerprint density at radius 2 is 2.07 bits per heavy atom. The number of carbonyl (C=O) groups is 1. The summed E-state index contributed by atoms with van der Waals surface area (Å²) < 4.78 is 21.2. The average molecular weight is 238 g/mol. The highest BCUT2D eigenvalue weighted by Crippen LogP contribution is 1.98. The van der Waals surface area contributed by atoms with Crippen molar-refractivity contribution in [1.82, 2.24) is 0 Å². The molecule has 0 aromatic rings. The zero-order valence-electron chi connectivity index (χ0n) is 9.10. The molecule has 0 amide bonds. The highest BCUT2D eigenvalue weighted by Gasteiger charge is 2.14. The first-order valence-corrected chi connectivity index (χ1v) is 6.21. The molecule has 0 aromatic carbocycles. The van der Waals surface area contributed by atoms with Gasteiger partial charge in [-0.2, -0.15) is 0 Å². The van der Waals surface area contributed by atoms with Crippen LogP contribution in [-0.4, -0.2) is 53.7 Å². The zero-order chi connectivity index (χ0) is 11.7. The Bertz CT molecular complexity index is 207. The van der Waals surface area contributed by atoms with E-state index in [-0.39, 0.29) is 5.75 Å². The normalized spacial score (nSPS) is 14.8. The van der Waals surface area contributed by atoms with E-state index in [9.17, 15) is 9.00 Å². The van der Waals surface area contributed by atoms with Crippen LogP contribution < -0.4 is 0 Å².